The number of aliphatic carboxylic acids is 1. The average molecular weight is 651 g/mol. The topological polar surface area (TPSA) is 147 Å². The van der Waals surface area contributed by atoms with E-state index in [1.165, 1.54) is 29.8 Å². The molecule has 0 aliphatic heterocycles. The number of nitrogens with one attached hydrogen (secondary N) is 1. The van der Waals surface area contributed by atoms with Crippen LogP contribution in [0.3, 0.4) is 0 Å². The number of hydrogen-bond donors (Lipinski definition) is 2. The summed E-state index contributed by atoms with van der Waals surface area (Å²) in [6.07, 6.45) is 8.21. The van der Waals surface area contributed by atoms with Crippen LogP contribution in [-0.2, 0) is 36.0 Å². The van der Waals surface area contributed by atoms with Crippen molar-refractivity contribution >= 4 is 31.7 Å². The number of amides is 1. The van der Waals surface area contributed by atoms with Gasteiger partial charge in [0.2, 0.25) is 10.0 Å². The van der Waals surface area contributed by atoms with Crippen molar-refractivity contribution in [1.82, 2.24) is 9.62 Å². The molecular weight excluding hydrogens is 604 g/mol. The number of sulfone groups is 1. The van der Waals surface area contributed by atoms with Crippen molar-refractivity contribution in [3.05, 3.63) is 59.2 Å². The van der Waals surface area contributed by atoms with E-state index in [0.717, 1.165) is 42.2 Å². The van der Waals surface area contributed by atoms with Gasteiger partial charge in [-0.1, -0.05) is 69.4 Å². The Morgan fingerprint density at radius 2 is 1.70 bits per heavy atom. The number of hydrogen-bond acceptors (Lipinski definition) is 7. The summed E-state index contributed by atoms with van der Waals surface area (Å²) in [6, 6.07) is 11.4. The second-order valence-electron chi connectivity index (χ2n) is 11.9. The number of nitrogens with zero attached hydrogens (tertiary/aromatic N) is 1. The van der Waals surface area contributed by atoms with Gasteiger partial charge in [0.25, 0.3) is 5.91 Å². The van der Waals surface area contributed by atoms with Gasteiger partial charge in [0.15, 0.2) is 0 Å². The van der Waals surface area contributed by atoms with Crippen molar-refractivity contribution in [2.75, 3.05) is 31.4 Å². The maximum Gasteiger partial charge on any atom is 0.326 e. The molecule has 1 aliphatic carbocycles. The molecule has 0 bridgehead atoms. The van der Waals surface area contributed by atoms with Crippen LogP contribution in [0.25, 0.3) is 11.1 Å². The summed E-state index contributed by atoms with van der Waals surface area (Å²) in [4.78, 5) is 25.3. The van der Waals surface area contributed by atoms with E-state index in [4.69, 9.17) is 4.74 Å². The summed E-state index contributed by atoms with van der Waals surface area (Å²) in [6.45, 7) is 4.54. The first-order valence-electron chi connectivity index (χ1n) is 15.1. The Kier molecular flexibility index (Phi) is 12.9. The molecule has 1 fully saturated rings. The number of rotatable bonds is 16. The first-order valence-corrected chi connectivity index (χ1v) is 19.1. The Hall–Kier alpha value is -2.80. The molecule has 2 aromatic rings. The molecule has 1 amide bonds. The Balaban J connectivity index is 1.89. The second kappa shape index (κ2) is 16.0. The van der Waals surface area contributed by atoms with E-state index in [1.807, 2.05) is 44.2 Å². The highest BCUT2D eigenvalue weighted by molar-refractivity contribution is 7.90. The highest BCUT2D eigenvalue weighted by Crippen LogP contribution is 2.31. The van der Waals surface area contributed by atoms with Crippen LogP contribution in [0, 0.1) is 12.8 Å². The number of carboxylic acid groups (broad SMARTS) is 1. The number of carbonyl (C=O) groups is 2. The fourth-order valence-corrected chi connectivity index (χ4v) is 7.30. The molecule has 0 spiro atoms. The molecule has 1 aliphatic rings. The standard InChI is InChI=1S/C32H46N2O8S2/c1-5-34(44(4,40)41)21-26(19-24-12-7-6-8-13-24)42-22-25-15-16-28(29(20-25)27-14-10-9-11-23(27)2)31(35)33-30(32(36)37)17-18-43(3,38)39/h9-11,14-16,20,24,26,30H,5-8,12-13,17-19,21-22H2,1-4H3,(H,33,35)(H,36,37)/t26?,30-/m0/s1. The third kappa shape index (κ3) is 11.0. The van der Waals surface area contributed by atoms with Crippen molar-refractivity contribution in [3.63, 3.8) is 0 Å². The lowest BCUT2D eigenvalue weighted by molar-refractivity contribution is -0.139. The van der Waals surface area contributed by atoms with Gasteiger partial charge in [0.1, 0.15) is 15.9 Å². The number of carboxylic acids is 1. The van der Waals surface area contributed by atoms with Crippen molar-refractivity contribution in [2.24, 2.45) is 5.92 Å². The van der Waals surface area contributed by atoms with E-state index in [1.54, 1.807) is 12.1 Å². The van der Waals surface area contributed by atoms with Crippen LogP contribution < -0.4 is 5.32 Å². The minimum absolute atomic E-state index is 0.200. The molecule has 1 saturated carbocycles. The van der Waals surface area contributed by atoms with Crippen LogP contribution in [0.4, 0.5) is 0 Å². The van der Waals surface area contributed by atoms with Crippen LogP contribution >= 0.6 is 0 Å². The molecule has 1 unspecified atom stereocenters. The largest absolute Gasteiger partial charge is 0.480 e. The number of sulfonamides is 1. The van der Waals surface area contributed by atoms with Gasteiger partial charge in [-0.2, -0.15) is 4.31 Å². The monoisotopic (exact) mass is 650 g/mol. The first-order chi connectivity index (χ1) is 20.7. The molecule has 0 radical (unpaired) electrons. The van der Waals surface area contributed by atoms with Gasteiger partial charge in [-0.15, -0.1) is 0 Å². The zero-order valence-electron chi connectivity index (χ0n) is 26.1. The SMILES string of the molecule is CCN(CC(CC1CCCCC1)OCc1ccc(C(=O)N[C@@H](CCS(C)(=O)=O)C(=O)O)c(-c2ccccc2C)c1)S(C)(=O)=O. The van der Waals surface area contributed by atoms with E-state index in [-0.39, 0.29) is 37.0 Å². The van der Waals surface area contributed by atoms with Crippen molar-refractivity contribution in [1.29, 1.82) is 0 Å². The summed E-state index contributed by atoms with van der Waals surface area (Å²) in [5.41, 5.74) is 3.32. The summed E-state index contributed by atoms with van der Waals surface area (Å²) in [5.74, 6) is -1.84. The predicted molar refractivity (Wildman–Crippen MR) is 172 cm³/mol. The van der Waals surface area contributed by atoms with Crippen molar-refractivity contribution in [3.8, 4) is 11.1 Å². The molecule has 3 rings (SSSR count). The third-order valence-corrected chi connectivity index (χ3v) is 10.5. The van der Waals surface area contributed by atoms with Gasteiger partial charge >= 0.3 is 5.97 Å². The Morgan fingerprint density at radius 1 is 1.02 bits per heavy atom. The van der Waals surface area contributed by atoms with Gasteiger partial charge in [-0.05, 0) is 60.1 Å². The van der Waals surface area contributed by atoms with Gasteiger partial charge < -0.3 is 15.2 Å². The number of aryl methyl sites for hydroxylation is 1. The molecule has 2 atom stereocenters. The van der Waals surface area contributed by atoms with E-state index < -0.39 is 37.8 Å². The molecule has 44 heavy (non-hydrogen) atoms. The summed E-state index contributed by atoms with van der Waals surface area (Å²) in [7, 11) is -6.81. The molecule has 12 heteroatoms. The first kappa shape index (κ1) is 35.7. The fraction of sp³-hybridized carbons (Fsp3) is 0.562. The van der Waals surface area contributed by atoms with E-state index >= 15 is 0 Å². The quantitative estimate of drug-likeness (QED) is 0.272. The smallest absolute Gasteiger partial charge is 0.326 e. The van der Waals surface area contributed by atoms with E-state index in [9.17, 15) is 31.5 Å². The van der Waals surface area contributed by atoms with Gasteiger partial charge in [-0.25, -0.2) is 21.6 Å². The maximum atomic E-state index is 13.4. The van der Waals surface area contributed by atoms with Gasteiger partial charge in [0, 0.05) is 24.9 Å². The van der Waals surface area contributed by atoms with Crippen molar-refractivity contribution < 1.29 is 36.3 Å². The van der Waals surface area contributed by atoms with Crippen LogP contribution in [0.15, 0.2) is 42.5 Å². The van der Waals surface area contributed by atoms with Crippen LogP contribution in [0.1, 0.15) is 73.4 Å². The van der Waals surface area contributed by atoms with E-state index in [0.29, 0.717) is 18.0 Å². The number of benzene rings is 2. The zero-order valence-corrected chi connectivity index (χ0v) is 27.8. The molecule has 2 aromatic carbocycles. The Labute approximate surface area is 262 Å². The maximum absolute atomic E-state index is 13.4. The lowest BCUT2D eigenvalue weighted by Crippen LogP contribution is -2.42. The summed E-state index contributed by atoms with van der Waals surface area (Å²) in [5, 5.41) is 12.1. The third-order valence-electron chi connectivity index (χ3n) is 8.18. The predicted octanol–water partition coefficient (Wildman–Crippen LogP) is 4.42. The summed E-state index contributed by atoms with van der Waals surface area (Å²) >= 11 is 0. The zero-order chi connectivity index (χ0) is 32.5. The lowest BCUT2D eigenvalue weighted by Gasteiger charge is -2.30. The number of ether oxygens (including phenoxy) is 1. The highest BCUT2D eigenvalue weighted by Gasteiger charge is 2.26. The molecule has 10 nitrogen and oxygen atoms in total. The Bertz CT molecular complexity index is 1500. The average Bonchev–Trinajstić information content (AvgIpc) is 2.95. The molecule has 0 heterocycles. The van der Waals surface area contributed by atoms with Crippen LogP contribution in [-0.4, -0.2) is 81.6 Å². The molecular formula is C32H46N2O8S2. The summed E-state index contributed by atoms with van der Waals surface area (Å²) < 4.78 is 55.8. The number of carbonyl (C=O) groups excluding carboxylic acids is 1. The van der Waals surface area contributed by atoms with Crippen LogP contribution in [0.5, 0.6) is 0 Å². The van der Waals surface area contributed by atoms with Crippen LogP contribution in [0.2, 0.25) is 0 Å². The minimum Gasteiger partial charge on any atom is -0.480 e. The normalized spacial score (nSPS) is 16.0. The van der Waals surface area contributed by atoms with Gasteiger partial charge in [0.05, 0.1) is 24.7 Å². The lowest BCUT2D eigenvalue weighted by atomic mass is 9.85. The van der Waals surface area contributed by atoms with Crippen molar-refractivity contribution in [2.45, 2.75) is 77.5 Å². The number of likely N-dealkylation sites (N-methyl/N-ethyl adjacent to an activating group) is 1. The minimum atomic E-state index is -3.42. The molecule has 0 saturated heterocycles. The highest BCUT2D eigenvalue weighted by atomic mass is 32.2. The van der Waals surface area contributed by atoms with Gasteiger partial charge in [-0.3, -0.25) is 4.79 Å². The fourth-order valence-electron chi connectivity index (χ4n) is 5.73. The van der Waals surface area contributed by atoms with E-state index in [2.05, 4.69) is 5.32 Å². The molecule has 244 valence electrons. The molecule has 2 N–H and O–H groups in total. The second-order valence-corrected chi connectivity index (χ2v) is 16.1. The Morgan fingerprint density at radius 3 is 2.30 bits per heavy atom. The molecule has 0 aromatic heterocycles.